The normalized spacial score (nSPS) is 12.2. The van der Waals surface area contributed by atoms with Crippen LogP contribution in [-0.4, -0.2) is 19.7 Å². The van der Waals surface area contributed by atoms with Gasteiger partial charge in [-0.05, 0) is 43.5 Å². The van der Waals surface area contributed by atoms with Crippen molar-refractivity contribution in [3.8, 4) is 5.75 Å². The van der Waals surface area contributed by atoms with E-state index in [1.54, 1.807) is 7.11 Å². The van der Waals surface area contributed by atoms with Gasteiger partial charge in [-0.3, -0.25) is 0 Å². The Morgan fingerprint density at radius 2 is 1.94 bits per heavy atom. The van der Waals surface area contributed by atoms with Gasteiger partial charge in [0.15, 0.2) is 0 Å². The second kappa shape index (κ2) is 7.93. The number of methoxy groups -OCH3 is 1. The van der Waals surface area contributed by atoms with Gasteiger partial charge >= 0.3 is 0 Å². The predicted octanol–water partition coefficient (Wildman–Crippen LogP) is 3.57. The first kappa shape index (κ1) is 14.8. The largest absolute Gasteiger partial charge is 0.497 e. The van der Waals surface area contributed by atoms with Crippen LogP contribution in [-0.2, 0) is 6.42 Å². The number of ether oxygens (including phenoxy) is 1. The van der Waals surface area contributed by atoms with Gasteiger partial charge in [0.2, 0.25) is 0 Å². The van der Waals surface area contributed by atoms with E-state index in [2.05, 4.69) is 37.9 Å². The molecule has 100 valence electrons. The highest BCUT2D eigenvalue weighted by atomic mass is 16.5. The molecule has 0 aliphatic carbocycles. The Morgan fingerprint density at radius 1 is 1.28 bits per heavy atom. The second-order valence-electron chi connectivity index (χ2n) is 4.61. The van der Waals surface area contributed by atoms with E-state index in [0.29, 0.717) is 6.04 Å². The van der Waals surface area contributed by atoms with Crippen LogP contribution in [0.15, 0.2) is 36.4 Å². The van der Waals surface area contributed by atoms with Gasteiger partial charge in [0, 0.05) is 6.04 Å². The van der Waals surface area contributed by atoms with Crippen LogP contribution in [0, 0.1) is 0 Å². The molecule has 1 aromatic carbocycles. The van der Waals surface area contributed by atoms with Crippen molar-refractivity contribution in [3.63, 3.8) is 0 Å². The molecule has 1 N–H and O–H groups in total. The molecule has 1 aromatic rings. The lowest BCUT2D eigenvalue weighted by molar-refractivity contribution is 0.414. The summed E-state index contributed by atoms with van der Waals surface area (Å²) >= 11 is 0. The van der Waals surface area contributed by atoms with E-state index in [1.807, 2.05) is 12.1 Å². The molecule has 0 saturated heterocycles. The first-order valence-electron chi connectivity index (χ1n) is 6.72. The van der Waals surface area contributed by atoms with Crippen LogP contribution >= 0.6 is 0 Å². The summed E-state index contributed by atoms with van der Waals surface area (Å²) in [6.45, 7) is 9.42. The number of nitrogens with one attached hydrogen (secondary N) is 1. The first-order valence-corrected chi connectivity index (χ1v) is 6.72. The lowest BCUT2D eigenvalue weighted by Gasteiger charge is -2.19. The number of hydrogen-bond acceptors (Lipinski definition) is 2. The Bertz CT molecular complexity index is 356. The fourth-order valence-corrected chi connectivity index (χ4v) is 2.04. The van der Waals surface area contributed by atoms with Gasteiger partial charge in [-0.25, -0.2) is 0 Å². The summed E-state index contributed by atoms with van der Waals surface area (Å²) in [5.41, 5.74) is 2.65. The van der Waals surface area contributed by atoms with Gasteiger partial charge in [-0.1, -0.05) is 38.1 Å². The highest BCUT2D eigenvalue weighted by molar-refractivity contribution is 5.27. The maximum atomic E-state index is 5.17. The molecule has 0 bridgehead atoms. The molecule has 1 atom stereocenters. The van der Waals surface area contributed by atoms with Crippen LogP contribution in [0.3, 0.4) is 0 Å². The van der Waals surface area contributed by atoms with Crippen LogP contribution in [0.4, 0.5) is 0 Å². The molecule has 0 aliphatic heterocycles. The fraction of sp³-hybridized carbons (Fsp3) is 0.500. The van der Waals surface area contributed by atoms with Crippen LogP contribution in [0.25, 0.3) is 0 Å². The third-order valence-electron chi connectivity index (χ3n) is 3.17. The highest BCUT2D eigenvalue weighted by Crippen LogP contribution is 2.15. The van der Waals surface area contributed by atoms with E-state index in [4.69, 9.17) is 4.74 Å². The van der Waals surface area contributed by atoms with Gasteiger partial charge in [0.05, 0.1) is 7.11 Å². The smallest absolute Gasteiger partial charge is 0.118 e. The fourth-order valence-electron chi connectivity index (χ4n) is 2.04. The molecule has 1 rings (SSSR count). The van der Waals surface area contributed by atoms with E-state index < -0.39 is 0 Å². The molecular weight excluding hydrogens is 222 g/mol. The average molecular weight is 247 g/mol. The minimum absolute atomic E-state index is 0.482. The molecule has 2 heteroatoms. The standard InChI is InChI=1S/C16H25NO/c1-5-13(3)11-15(17-6-2)12-14-7-9-16(18-4)10-8-14/h7-10,15,17H,3,5-6,11-12H2,1-2,4H3. The van der Waals surface area contributed by atoms with Crippen LogP contribution in [0.5, 0.6) is 5.75 Å². The zero-order valence-corrected chi connectivity index (χ0v) is 11.8. The summed E-state index contributed by atoms with van der Waals surface area (Å²) in [6.07, 6.45) is 3.15. The van der Waals surface area contributed by atoms with Gasteiger partial charge in [0.1, 0.15) is 5.75 Å². The minimum atomic E-state index is 0.482. The summed E-state index contributed by atoms with van der Waals surface area (Å²) in [5, 5.41) is 3.53. The quantitative estimate of drug-likeness (QED) is 0.709. The molecule has 0 saturated carbocycles. The van der Waals surface area contributed by atoms with Crippen molar-refractivity contribution in [1.29, 1.82) is 0 Å². The molecule has 0 radical (unpaired) electrons. The Balaban J connectivity index is 2.60. The van der Waals surface area contributed by atoms with Crippen LogP contribution in [0.1, 0.15) is 32.3 Å². The minimum Gasteiger partial charge on any atom is -0.497 e. The summed E-state index contributed by atoms with van der Waals surface area (Å²) in [4.78, 5) is 0. The van der Waals surface area contributed by atoms with Crippen LogP contribution < -0.4 is 10.1 Å². The molecule has 0 aliphatic rings. The Hall–Kier alpha value is -1.28. The molecule has 0 spiro atoms. The summed E-state index contributed by atoms with van der Waals surface area (Å²) < 4.78 is 5.17. The van der Waals surface area contributed by atoms with Crippen molar-refractivity contribution in [2.75, 3.05) is 13.7 Å². The zero-order valence-electron chi connectivity index (χ0n) is 11.8. The monoisotopic (exact) mass is 247 g/mol. The first-order chi connectivity index (χ1) is 8.69. The van der Waals surface area contributed by atoms with Crippen molar-refractivity contribution in [2.45, 2.75) is 39.2 Å². The predicted molar refractivity (Wildman–Crippen MR) is 78.2 cm³/mol. The van der Waals surface area contributed by atoms with Crippen molar-refractivity contribution in [1.82, 2.24) is 5.32 Å². The second-order valence-corrected chi connectivity index (χ2v) is 4.61. The Morgan fingerprint density at radius 3 is 2.44 bits per heavy atom. The van der Waals surface area contributed by atoms with Gasteiger partial charge in [0.25, 0.3) is 0 Å². The van der Waals surface area contributed by atoms with Gasteiger partial charge < -0.3 is 10.1 Å². The lowest BCUT2D eigenvalue weighted by Crippen LogP contribution is -2.31. The molecule has 2 nitrogen and oxygen atoms in total. The number of likely N-dealkylation sites (N-methyl/N-ethyl adjacent to an activating group) is 1. The third-order valence-corrected chi connectivity index (χ3v) is 3.17. The van der Waals surface area contributed by atoms with E-state index in [0.717, 1.165) is 31.6 Å². The lowest BCUT2D eigenvalue weighted by atomic mass is 9.98. The highest BCUT2D eigenvalue weighted by Gasteiger charge is 2.09. The maximum absolute atomic E-state index is 5.17. The zero-order chi connectivity index (χ0) is 13.4. The third kappa shape index (κ3) is 4.92. The van der Waals surface area contributed by atoms with Crippen molar-refractivity contribution < 1.29 is 4.74 Å². The summed E-state index contributed by atoms with van der Waals surface area (Å²) in [5.74, 6) is 0.914. The van der Waals surface area contributed by atoms with Crippen molar-refractivity contribution >= 4 is 0 Å². The maximum Gasteiger partial charge on any atom is 0.118 e. The molecule has 0 aromatic heterocycles. The molecule has 0 heterocycles. The van der Waals surface area contributed by atoms with E-state index in [-0.39, 0.29) is 0 Å². The number of hydrogen-bond donors (Lipinski definition) is 1. The summed E-state index contributed by atoms with van der Waals surface area (Å²) in [6, 6.07) is 8.80. The average Bonchev–Trinajstić information content (AvgIpc) is 2.39. The molecule has 18 heavy (non-hydrogen) atoms. The van der Waals surface area contributed by atoms with E-state index >= 15 is 0 Å². The molecular formula is C16H25NO. The van der Waals surface area contributed by atoms with Crippen molar-refractivity contribution in [3.05, 3.63) is 42.0 Å². The molecule has 0 amide bonds. The number of rotatable bonds is 8. The number of benzene rings is 1. The topological polar surface area (TPSA) is 21.3 Å². The SMILES string of the molecule is C=C(CC)CC(Cc1ccc(OC)cc1)NCC. The van der Waals surface area contributed by atoms with Gasteiger partial charge in [-0.15, -0.1) is 0 Å². The Labute approximate surface area is 111 Å². The van der Waals surface area contributed by atoms with E-state index in [1.165, 1.54) is 11.1 Å². The van der Waals surface area contributed by atoms with Gasteiger partial charge in [-0.2, -0.15) is 0 Å². The van der Waals surface area contributed by atoms with E-state index in [9.17, 15) is 0 Å². The molecule has 1 unspecified atom stereocenters. The Kier molecular flexibility index (Phi) is 6.51. The molecule has 0 fully saturated rings. The van der Waals surface area contributed by atoms with Crippen molar-refractivity contribution in [2.24, 2.45) is 0 Å². The van der Waals surface area contributed by atoms with Crippen LogP contribution in [0.2, 0.25) is 0 Å². The summed E-state index contributed by atoms with van der Waals surface area (Å²) in [7, 11) is 1.70.